The van der Waals surface area contributed by atoms with Crippen LogP contribution in [0, 0.1) is 12.7 Å². The molecule has 1 aromatic carbocycles. The van der Waals surface area contributed by atoms with E-state index in [1.165, 1.54) is 6.07 Å². The predicted octanol–water partition coefficient (Wildman–Crippen LogP) is 5.16. The third-order valence-corrected chi connectivity index (χ3v) is 11.4. The second-order valence-corrected chi connectivity index (χ2v) is 14.8. The third-order valence-electron chi connectivity index (χ3n) is 6.89. The lowest BCUT2D eigenvalue weighted by Gasteiger charge is -2.36. The molecule has 0 aliphatic heterocycles. The number of hydrogen-bond acceptors (Lipinski definition) is 4. The molecule has 0 amide bonds. The molecule has 0 unspecified atom stereocenters. The van der Waals surface area contributed by atoms with Crippen molar-refractivity contribution in [3.63, 3.8) is 0 Å². The van der Waals surface area contributed by atoms with Crippen molar-refractivity contribution in [3.8, 4) is 11.1 Å². The van der Waals surface area contributed by atoms with Crippen LogP contribution in [0.2, 0.25) is 18.1 Å². The number of hydrogen-bond donors (Lipinski definition) is 3. The highest BCUT2D eigenvalue weighted by Gasteiger charge is 2.37. The number of aryl methyl sites for hydroxylation is 2. The van der Waals surface area contributed by atoms with Gasteiger partial charge in [-0.15, -0.1) is 0 Å². The second kappa shape index (κ2) is 9.04. The van der Waals surface area contributed by atoms with Gasteiger partial charge in [-0.05, 0) is 55.6 Å². The number of H-pyrrole nitrogens is 1. The maximum absolute atomic E-state index is 15.1. The monoisotopic (exact) mass is 475 g/mol. The molecule has 2 aromatic heterocycles. The van der Waals surface area contributed by atoms with Gasteiger partial charge in [-0.25, -0.2) is 9.18 Å². The van der Waals surface area contributed by atoms with Gasteiger partial charge in [0.2, 0.25) is 0 Å². The maximum atomic E-state index is 15.1. The predicted molar refractivity (Wildman–Crippen MR) is 130 cm³/mol. The summed E-state index contributed by atoms with van der Waals surface area (Å²) in [6, 6.07) is 2.96. The summed E-state index contributed by atoms with van der Waals surface area (Å²) in [5.74, 6) is -1.59. The molecule has 0 saturated carbocycles. The molecule has 33 heavy (non-hydrogen) atoms. The van der Waals surface area contributed by atoms with Crippen molar-refractivity contribution in [2.75, 3.05) is 6.61 Å². The summed E-state index contributed by atoms with van der Waals surface area (Å²) in [6.07, 6.45) is 1.14. The lowest BCUT2D eigenvalue weighted by atomic mass is 9.98. The molecule has 9 heteroatoms. The van der Waals surface area contributed by atoms with Gasteiger partial charge in [0.25, 0.3) is 0 Å². The van der Waals surface area contributed by atoms with Gasteiger partial charge < -0.3 is 19.6 Å². The lowest BCUT2D eigenvalue weighted by Crippen LogP contribution is -2.41. The van der Waals surface area contributed by atoms with Crippen molar-refractivity contribution in [1.82, 2.24) is 14.8 Å². The van der Waals surface area contributed by atoms with Crippen LogP contribution >= 0.6 is 0 Å². The van der Waals surface area contributed by atoms with Gasteiger partial charge in [-0.1, -0.05) is 20.8 Å². The molecule has 2 heterocycles. The first kappa shape index (κ1) is 25.1. The Bertz CT molecular complexity index is 1190. The van der Waals surface area contributed by atoms with Gasteiger partial charge in [0, 0.05) is 35.9 Å². The largest absolute Gasteiger partial charge is 0.477 e. The number of carbonyl (C=O) groups is 1. The molecule has 0 spiro atoms. The molecule has 0 bridgehead atoms. The molecule has 0 saturated heterocycles. The van der Waals surface area contributed by atoms with E-state index in [9.17, 15) is 15.0 Å². The average molecular weight is 476 g/mol. The van der Waals surface area contributed by atoms with E-state index in [-0.39, 0.29) is 22.9 Å². The Morgan fingerprint density at radius 2 is 1.94 bits per heavy atom. The zero-order valence-corrected chi connectivity index (χ0v) is 21.5. The summed E-state index contributed by atoms with van der Waals surface area (Å²) >= 11 is 0. The third kappa shape index (κ3) is 4.62. The molecule has 0 aliphatic carbocycles. The fourth-order valence-electron chi connectivity index (χ4n) is 3.89. The van der Waals surface area contributed by atoms with Crippen molar-refractivity contribution in [1.29, 1.82) is 0 Å². The van der Waals surface area contributed by atoms with Gasteiger partial charge in [-0.3, -0.25) is 4.68 Å². The number of carboxylic acid groups (broad SMARTS) is 1. The first-order valence-corrected chi connectivity index (χ1v) is 14.0. The fraction of sp³-hybridized carbons (Fsp3) is 0.500. The summed E-state index contributed by atoms with van der Waals surface area (Å²) in [4.78, 5) is 15.0. The van der Waals surface area contributed by atoms with Crippen LogP contribution in [0.15, 0.2) is 12.1 Å². The normalized spacial score (nSPS) is 12.6. The quantitative estimate of drug-likeness (QED) is 0.309. The zero-order chi connectivity index (χ0) is 24.7. The summed E-state index contributed by atoms with van der Waals surface area (Å²) in [5, 5.41) is 24.7. The number of rotatable bonds is 8. The number of aliphatic hydroxyl groups is 1. The van der Waals surface area contributed by atoms with Crippen molar-refractivity contribution in [3.05, 3.63) is 40.6 Å². The number of halogens is 1. The number of aromatic carboxylic acids is 1. The Labute approximate surface area is 194 Å². The molecule has 0 aliphatic rings. The van der Waals surface area contributed by atoms with E-state index in [2.05, 4.69) is 43.9 Å². The molecule has 3 rings (SSSR count). The first-order chi connectivity index (χ1) is 15.3. The minimum absolute atomic E-state index is 0.0521. The number of aromatic nitrogens is 3. The Morgan fingerprint density at radius 3 is 2.52 bits per heavy atom. The van der Waals surface area contributed by atoms with E-state index in [0.717, 1.165) is 0 Å². The molecule has 3 aromatic rings. The number of benzene rings is 1. The van der Waals surface area contributed by atoms with Crippen molar-refractivity contribution >= 4 is 25.2 Å². The van der Waals surface area contributed by atoms with Gasteiger partial charge in [0.15, 0.2) is 8.32 Å². The average Bonchev–Trinajstić information content (AvgIpc) is 3.22. The summed E-state index contributed by atoms with van der Waals surface area (Å²) in [7, 11) is -0.174. The molecule has 180 valence electrons. The molecule has 0 radical (unpaired) electrons. The number of nitrogens with zero attached hydrogens (tertiary/aromatic N) is 2. The van der Waals surface area contributed by atoms with E-state index >= 15 is 4.39 Å². The Hall–Kier alpha value is -2.49. The van der Waals surface area contributed by atoms with Crippen molar-refractivity contribution in [2.45, 2.75) is 65.3 Å². The van der Waals surface area contributed by atoms with E-state index in [0.29, 0.717) is 52.9 Å². The van der Waals surface area contributed by atoms with Gasteiger partial charge in [0.1, 0.15) is 11.5 Å². The van der Waals surface area contributed by atoms with Crippen LogP contribution in [-0.4, -0.2) is 45.9 Å². The lowest BCUT2D eigenvalue weighted by molar-refractivity contribution is 0.0690. The minimum atomic E-state index is -1.90. The van der Waals surface area contributed by atoms with Crippen LogP contribution in [0.25, 0.3) is 22.0 Å². The van der Waals surface area contributed by atoms with E-state index < -0.39 is 20.1 Å². The van der Waals surface area contributed by atoms with Crippen molar-refractivity contribution < 1.29 is 23.8 Å². The summed E-state index contributed by atoms with van der Waals surface area (Å²) < 4.78 is 22.9. The number of nitrogens with one attached hydrogen (secondary N) is 1. The summed E-state index contributed by atoms with van der Waals surface area (Å²) in [5.41, 5.74) is 2.82. The molecule has 3 N–H and O–H groups in total. The van der Waals surface area contributed by atoms with Gasteiger partial charge in [0.05, 0.1) is 17.8 Å². The Balaban J connectivity index is 2.03. The highest BCUT2D eigenvalue weighted by atomic mass is 28.4. The number of aromatic amines is 1. The second-order valence-electron chi connectivity index (χ2n) is 10.0. The number of aliphatic hydroxyl groups excluding tert-OH is 1. The molecule has 7 nitrogen and oxygen atoms in total. The van der Waals surface area contributed by atoms with Crippen LogP contribution in [-0.2, 0) is 24.5 Å². The van der Waals surface area contributed by atoms with Gasteiger partial charge in [-0.2, -0.15) is 5.10 Å². The standard InChI is InChI=1S/C24H34FN3O4Si/c1-14-19(18(13-29)27-28(14)5)20-17(25)11-10-16-15(22(23(30)31)26-21(16)20)9-8-12-32-33(6,7)24(2,3)4/h10-11,26,29H,8-9,12-13H2,1-7H3,(H,30,31). The number of carboxylic acids is 1. The summed E-state index contributed by atoms with van der Waals surface area (Å²) in [6.45, 7) is 12.9. The molecular formula is C24H34FN3O4Si. The molecular weight excluding hydrogens is 441 g/mol. The first-order valence-electron chi connectivity index (χ1n) is 11.1. The van der Waals surface area contributed by atoms with E-state index in [1.807, 2.05) is 0 Å². The molecule has 0 fully saturated rings. The number of fused-ring (bicyclic) bond motifs is 1. The fourth-order valence-corrected chi connectivity index (χ4v) is 4.97. The highest BCUT2D eigenvalue weighted by molar-refractivity contribution is 6.74. The topological polar surface area (TPSA) is 100 Å². The van der Waals surface area contributed by atoms with E-state index in [1.54, 1.807) is 24.7 Å². The highest BCUT2D eigenvalue weighted by Crippen LogP contribution is 2.39. The van der Waals surface area contributed by atoms with Gasteiger partial charge >= 0.3 is 5.97 Å². The maximum Gasteiger partial charge on any atom is 0.352 e. The Kier molecular flexibility index (Phi) is 6.88. The Morgan fingerprint density at radius 1 is 1.27 bits per heavy atom. The van der Waals surface area contributed by atoms with Crippen LogP contribution in [0.1, 0.15) is 54.6 Å². The van der Waals surface area contributed by atoms with Crippen LogP contribution < -0.4 is 0 Å². The van der Waals surface area contributed by atoms with E-state index in [4.69, 9.17) is 4.43 Å². The van der Waals surface area contributed by atoms with Crippen LogP contribution in [0.4, 0.5) is 4.39 Å². The minimum Gasteiger partial charge on any atom is -0.477 e. The van der Waals surface area contributed by atoms with Crippen molar-refractivity contribution in [2.24, 2.45) is 7.05 Å². The SMILES string of the molecule is Cc1c(-c2c(F)ccc3c(CCCO[Si](C)(C)C(C)(C)C)c(C(=O)O)[nH]c23)c(CO)nn1C. The molecule has 0 atom stereocenters. The zero-order valence-electron chi connectivity index (χ0n) is 20.5. The van der Waals surface area contributed by atoms with Crippen LogP contribution in [0.5, 0.6) is 0 Å². The smallest absolute Gasteiger partial charge is 0.352 e. The van der Waals surface area contributed by atoms with Crippen LogP contribution in [0.3, 0.4) is 0 Å².